The van der Waals surface area contributed by atoms with Crippen LogP contribution in [-0.2, 0) is 14.3 Å². The van der Waals surface area contributed by atoms with Crippen molar-refractivity contribution in [2.45, 2.75) is 0 Å². The van der Waals surface area contributed by atoms with Crippen molar-refractivity contribution in [2.75, 3.05) is 46.9 Å². The monoisotopic (exact) mass is 412 g/mol. The van der Waals surface area contributed by atoms with Crippen molar-refractivity contribution in [2.24, 2.45) is 0 Å². The summed E-state index contributed by atoms with van der Waals surface area (Å²) in [5.41, 5.74) is 1.64. The molecule has 30 heavy (non-hydrogen) atoms. The van der Waals surface area contributed by atoms with Crippen molar-refractivity contribution in [1.82, 2.24) is 4.90 Å². The van der Waals surface area contributed by atoms with Gasteiger partial charge < -0.3 is 24.3 Å². The summed E-state index contributed by atoms with van der Waals surface area (Å²) in [7, 11) is 6.14. The summed E-state index contributed by atoms with van der Waals surface area (Å²) in [4.78, 5) is 27.4. The number of carbonyl (C=O) groups is 2. The summed E-state index contributed by atoms with van der Waals surface area (Å²) >= 11 is 0. The maximum Gasteiger partial charge on any atom is 0.278 e. The van der Waals surface area contributed by atoms with E-state index >= 15 is 0 Å². The largest absolute Gasteiger partial charge is 0.497 e. The maximum atomic E-state index is 13.1. The quantitative estimate of drug-likeness (QED) is 0.634. The minimum atomic E-state index is -0.419. The van der Waals surface area contributed by atoms with E-state index in [4.69, 9.17) is 18.9 Å². The first-order chi connectivity index (χ1) is 14.5. The number of methoxy groups -OCH3 is 4. The Labute approximate surface area is 175 Å². The van der Waals surface area contributed by atoms with Crippen LogP contribution in [0.15, 0.2) is 48.2 Å². The Hall–Kier alpha value is -3.52. The van der Waals surface area contributed by atoms with Gasteiger partial charge in [0, 0.05) is 12.8 Å². The summed E-state index contributed by atoms with van der Waals surface area (Å²) in [5.74, 6) is 0.851. The third kappa shape index (κ3) is 4.08. The van der Waals surface area contributed by atoms with Gasteiger partial charge in [-0.05, 0) is 42.0 Å². The lowest BCUT2D eigenvalue weighted by Gasteiger charge is -2.14. The van der Waals surface area contributed by atoms with Gasteiger partial charge in [-0.2, -0.15) is 0 Å². The predicted molar refractivity (Wildman–Crippen MR) is 112 cm³/mol. The van der Waals surface area contributed by atoms with E-state index in [2.05, 4.69) is 5.32 Å². The van der Waals surface area contributed by atoms with Crippen LogP contribution in [-0.4, -0.2) is 58.3 Å². The number of rotatable bonds is 9. The Morgan fingerprint density at radius 2 is 1.53 bits per heavy atom. The van der Waals surface area contributed by atoms with E-state index in [1.165, 1.54) is 26.2 Å². The maximum absolute atomic E-state index is 13.1. The average Bonchev–Trinajstić information content (AvgIpc) is 3.01. The van der Waals surface area contributed by atoms with Crippen molar-refractivity contribution in [1.29, 1.82) is 0 Å². The molecule has 0 saturated heterocycles. The number of anilines is 1. The normalized spacial score (nSPS) is 13.7. The molecule has 2 amide bonds. The van der Waals surface area contributed by atoms with Crippen LogP contribution in [0, 0.1) is 0 Å². The fourth-order valence-electron chi connectivity index (χ4n) is 3.16. The molecule has 0 bridgehead atoms. The third-order valence-electron chi connectivity index (χ3n) is 4.72. The summed E-state index contributed by atoms with van der Waals surface area (Å²) < 4.78 is 20.9. The highest BCUT2D eigenvalue weighted by Crippen LogP contribution is 2.35. The minimum absolute atomic E-state index is 0.152. The molecule has 1 heterocycles. The molecule has 1 N–H and O–H groups in total. The first kappa shape index (κ1) is 21.2. The molecule has 0 spiro atoms. The summed E-state index contributed by atoms with van der Waals surface area (Å²) in [6, 6.07) is 12.2. The van der Waals surface area contributed by atoms with Crippen LogP contribution >= 0.6 is 0 Å². The topological polar surface area (TPSA) is 86.3 Å². The molecule has 2 aromatic rings. The smallest absolute Gasteiger partial charge is 0.278 e. The molecule has 2 aromatic carbocycles. The molecule has 0 atom stereocenters. The van der Waals surface area contributed by atoms with Crippen molar-refractivity contribution in [3.63, 3.8) is 0 Å². The highest BCUT2D eigenvalue weighted by atomic mass is 16.5. The number of nitrogens with one attached hydrogen (secondary N) is 1. The van der Waals surface area contributed by atoms with Crippen molar-refractivity contribution < 1.29 is 28.5 Å². The molecule has 8 nitrogen and oxygen atoms in total. The van der Waals surface area contributed by atoms with Crippen LogP contribution in [0.25, 0.3) is 5.57 Å². The Bertz CT molecular complexity index is 968. The Kier molecular flexibility index (Phi) is 6.58. The first-order valence-corrected chi connectivity index (χ1v) is 9.27. The molecule has 0 radical (unpaired) electrons. The van der Waals surface area contributed by atoms with E-state index in [1.54, 1.807) is 49.6 Å². The third-order valence-corrected chi connectivity index (χ3v) is 4.72. The number of amides is 2. The molecule has 158 valence electrons. The second-order valence-electron chi connectivity index (χ2n) is 6.43. The van der Waals surface area contributed by atoms with Crippen LogP contribution in [0.5, 0.6) is 17.2 Å². The fraction of sp³-hybridized carbons (Fsp3) is 0.273. The van der Waals surface area contributed by atoms with Crippen molar-refractivity contribution in [3.8, 4) is 17.2 Å². The minimum Gasteiger partial charge on any atom is -0.497 e. The lowest BCUT2D eigenvalue weighted by molar-refractivity contribution is -0.137. The van der Waals surface area contributed by atoms with Gasteiger partial charge in [0.1, 0.15) is 11.4 Å². The van der Waals surface area contributed by atoms with Gasteiger partial charge in [0.25, 0.3) is 11.8 Å². The van der Waals surface area contributed by atoms with Gasteiger partial charge in [0.2, 0.25) is 0 Å². The highest BCUT2D eigenvalue weighted by Gasteiger charge is 2.39. The van der Waals surface area contributed by atoms with Crippen LogP contribution in [0.2, 0.25) is 0 Å². The molecule has 0 fully saturated rings. The molecule has 0 aromatic heterocycles. The van der Waals surface area contributed by atoms with Crippen molar-refractivity contribution in [3.05, 3.63) is 53.7 Å². The standard InChI is InChI=1S/C22H24N2O6/c1-27-12-11-24-21(25)19(14-5-10-17(29-3)18(13-14)30-4)20(22(24)26)23-15-6-8-16(28-2)9-7-15/h5-10,13,23H,11-12H2,1-4H3. The molecular formula is C22H24N2O6. The highest BCUT2D eigenvalue weighted by molar-refractivity contribution is 6.36. The molecule has 1 aliphatic heterocycles. The van der Waals surface area contributed by atoms with Gasteiger partial charge in [-0.25, -0.2) is 0 Å². The Morgan fingerprint density at radius 3 is 2.13 bits per heavy atom. The Morgan fingerprint density at radius 1 is 0.833 bits per heavy atom. The van der Waals surface area contributed by atoms with E-state index in [1.807, 2.05) is 0 Å². The molecule has 0 unspecified atom stereocenters. The number of imide groups is 1. The molecular weight excluding hydrogens is 388 g/mol. The SMILES string of the molecule is COCCN1C(=O)C(Nc2ccc(OC)cc2)=C(c2ccc(OC)c(OC)c2)C1=O. The summed E-state index contributed by atoms with van der Waals surface area (Å²) in [6.45, 7) is 0.394. The Balaban J connectivity index is 2.05. The van der Waals surface area contributed by atoms with E-state index in [0.717, 1.165) is 0 Å². The van der Waals surface area contributed by atoms with Crippen LogP contribution in [0.1, 0.15) is 5.56 Å². The second-order valence-corrected chi connectivity index (χ2v) is 6.43. The van der Waals surface area contributed by atoms with E-state index in [0.29, 0.717) is 28.5 Å². The zero-order chi connectivity index (χ0) is 21.7. The van der Waals surface area contributed by atoms with E-state index in [-0.39, 0.29) is 24.4 Å². The van der Waals surface area contributed by atoms with E-state index < -0.39 is 11.8 Å². The van der Waals surface area contributed by atoms with Gasteiger partial charge in [0.15, 0.2) is 11.5 Å². The van der Waals surface area contributed by atoms with Crippen LogP contribution in [0.4, 0.5) is 5.69 Å². The fourth-order valence-corrected chi connectivity index (χ4v) is 3.16. The van der Waals surface area contributed by atoms with Crippen LogP contribution < -0.4 is 19.5 Å². The lowest BCUT2D eigenvalue weighted by Crippen LogP contribution is -2.35. The number of hydrogen-bond donors (Lipinski definition) is 1. The molecule has 1 aliphatic rings. The van der Waals surface area contributed by atoms with Crippen molar-refractivity contribution >= 4 is 23.1 Å². The zero-order valence-electron chi connectivity index (χ0n) is 17.4. The lowest BCUT2D eigenvalue weighted by atomic mass is 10.0. The first-order valence-electron chi connectivity index (χ1n) is 9.27. The summed E-state index contributed by atoms with van der Waals surface area (Å²) in [5, 5.41) is 3.09. The molecule has 0 saturated carbocycles. The molecule has 8 heteroatoms. The molecule has 0 aliphatic carbocycles. The number of ether oxygens (including phenoxy) is 4. The number of hydrogen-bond acceptors (Lipinski definition) is 7. The van der Waals surface area contributed by atoms with E-state index in [9.17, 15) is 9.59 Å². The van der Waals surface area contributed by atoms with Gasteiger partial charge in [-0.15, -0.1) is 0 Å². The van der Waals surface area contributed by atoms with Gasteiger partial charge >= 0.3 is 0 Å². The summed E-state index contributed by atoms with van der Waals surface area (Å²) in [6.07, 6.45) is 0. The zero-order valence-corrected chi connectivity index (χ0v) is 17.4. The average molecular weight is 412 g/mol. The van der Waals surface area contributed by atoms with Crippen LogP contribution in [0.3, 0.4) is 0 Å². The second kappa shape index (κ2) is 9.32. The number of nitrogens with zero attached hydrogens (tertiary/aromatic N) is 1. The van der Waals surface area contributed by atoms with Gasteiger partial charge in [0.05, 0.1) is 40.1 Å². The predicted octanol–water partition coefficient (Wildman–Crippen LogP) is 2.55. The number of benzene rings is 2. The van der Waals surface area contributed by atoms with Gasteiger partial charge in [-0.1, -0.05) is 6.07 Å². The molecule has 3 rings (SSSR count). The number of carbonyl (C=O) groups excluding carboxylic acids is 2. The van der Waals surface area contributed by atoms with Gasteiger partial charge in [-0.3, -0.25) is 14.5 Å².